The molecule has 1 N–H and O–H groups in total. The Balaban J connectivity index is 2.57. The zero-order valence-electron chi connectivity index (χ0n) is 12.8. The van der Waals surface area contributed by atoms with E-state index in [9.17, 15) is 9.90 Å². The summed E-state index contributed by atoms with van der Waals surface area (Å²) in [6, 6.07) is 3.67. The number of aromatic carboxylic acids is 1. The maximum Gasteiger partial charge on any atom is 0.336 e. The first-order valence-electron chi connectivity index (χ1n) is 7.16. The zero-order chi connectivity index (χ0) is 15.6. The Kier molecular flexibility index (Phi) is 4.40. The minimum atomic E-state index is -0.978. The maximum atomic E-state index is 11.5. The van der Waals surface area contributed by atoms with Gasteiger partial charge < -0.3 is 9.52 Å². The first-order valence-corrected chi connectivity index (χ1v) is 7.16. The van der Waals surface area contributed by atoms with Crippen LogP contribution >= 0.6 is 0 Å². The molecule has 2 aromatic rings. The third-order valence-electron chi connectivity index (χ3n) is 3.83. The second kappa shape index (κ2) is 6.08. The Bertz CT molecular complexity index is 658. The van der Waals surface area contributed by atoms with Gasteiger partial charge in [0, 0.05) is 5.92 Å². The number of benzene rings is 1. The second-order valence-electron chi connectivity index (χ2n) is 5.21. The van der Waals surface area contributed by atoms with Crippen LogP contribution in [0.4, 0.5) is 0 Å². The molecule has 21 heavy (non-hydrogen) atoms. The smallest absolute Gasteiger partial charge is 0.336 e. The van der Waals surface area contributed by atoms with Crippen molar-refractivity contribution in [2.24, 2.45) is 0 Å². The Morgan fingerprint density at radius 2 is 1.81 bits per heavy atom. The van der Waals surface area contributed by atoms with Crippen molar-refractivity contribution in [3.05, 3.63) is 34.7 Å². The Morgan fingerprint density at radius 1 is 1.19 bits per heavy atom. The molecule has 112 valence electrons. The van der Waals surface area contributed by atoms with Crippen LogP contribution in [0.5, 0.6) is 0 Å². The molecule has 1 aromatic carbocycles. The summed E-state index contributed by atoms with van der Waals surface area (Å²) in [6.45, 7) is 7.75. The van der Waals surface area contributed by atoms with Gasteiger partial charge in [-0.2, -0.15) is 0 Å². The highest BCUT2D eigenvalue weighted by atomic mass is 16.4. The number of aryl methyl sites for hydroxylation is 2. The van der Waals surface area contributed by atoms with Crippen LogP contribution in [0.3, 0.4) is 0 Å². The van der Waals surface area contributed by atoms with E-state index in [1.54, 1.807) is 13.0 Å². The Hall–Kier alpha value is -2.17. The fraction of sp³-hybridized carbons (Fsp3) is 0.438. The Labute approximate surface area is 124 Å². The van der Waals surface area contributed by atoms with Crippen LogP contribution in [0.25, 0.3) is 11.5 Å². The lowest BCUT2D eigenvalue weighted by Gasteiger charge is -2.09. The van der Waals surface area contributed by atoms with Crippen molar-refractivity contribution < 1.29 is 14.3 Å². The molecular weight excluding hydrogens is 268 g/mol. The van der Waals surface area contributed by atoms with Crippen molar-refractivity contribution in [2.75, 3.05) is 0 Å². The zero-order valence-corrected chi connectivity index (χ0v) is 12.8. The summed E-state index contributed by atoms with van der Waals surface area (Å²) in [5.74, 6) is 0.0980. The third-order valence-corrected chi connectivity index (χ3v) is 3.83. The summed E-state index contributed by atoms with van der Waals surface area (Å²) in [6.07, 6.45) is 1.83. The van der Waals surface area contributed by atoms with Gasteiger partial charge in [0.1, 0.15) is 0 Å². The molecule has 0 aliphatic carbocycles. The van der Waals surface area contributed by atoms with E-state index < -0.39 is 5.97 Å². The van der Waals surface area contributed by atoms with Crippen LogP contribution in [0.15, 0.2) is 16.5 Å². The van der Waals surface area contributed by atoms with Gasteiger partial charge in [-0.05, 0) is 37.8 Å². The number of rotatable bonds is 5. The van der Waals surface area contributed by atoms with Gasteiger partial charge in [0.25, 0.3) is 0 Å². The lowest BCUT2D eigenvalue weighted by Crippen LogP contribution is -2.04. The van der Waals surface area contributed by atoms with E-state index in [0.29, 0.717) is 17.0 Å². The number of aromatic nitrogens is 2. The predicted molar refractivity (Wildman–Crippen MR) is 79.5 cm³/mol. The molecule has 0 spiro atoms. The van der Waals surface area contributed by atoms with Crippen LogP contribution in [-0.2, 0) is 0 Å². The normalized spacial score (nSPS) is 11.1. The van der Waals surface area contributed by atoms with Gasteiger partial charge in [0.05, 0.1) is 11.1 Å². The van der Waals surface area contributed by atoms with E-state index in [1.165, 1.54) is 0 Å². The van der Waals surface area contributed by atoms with E-state index in [0.717, 1.165) is 18.4 Å². The molecule has 0 atom stereocenters. The molecule has 5 nitrogen and oxygen atoms in total. The molecule has 1 aromatic heterocycles. The van der Waals surface area contributed by atoms with Crippen molar-refractivity contribution >= 4 is 5.97 Å². The van der Waals surface area contributed by atoms with E-state index in [1.807, 2.05) is 13.0 Å². The number of hydrogen-bond donors (Lipinski definition) is 1. The van der Waals surface area contributed by atoms with E-state index in [2.05, 4.69) is 24.0 Å². The fourth-order valence-electron chi connectivity index (χ4n) is 2.50. The van der Waals surface area contributed by atoms with Gasteiger partial charge in [0.2, 0.25) is 11.8 Å². The second-order valence-corrected chi connectivity index (χ2v) is 5.21. The summed E-state index contributed by atoms with van der Waals surface area (Å²) < 4.78 is 5.75. The molecule has 0 saturated carbocycles. The highest BCUT2D eigenvalue weighted by Crippen LogP contribution is 2.31. The van der Waals surface area contributed by atoms with Crippen LogP contribution in [0.2, 0.25) is 0 Å². The molecule has 5 heteroatoms. The van der Waals surface area contributed by atoms with Gasteiger partial charge in [0.15, 0.2) is 0 Å². The lowest BCUT2D eigenvalue weighted by atomic mass is 9.97. The minimum Gasteiger partial charge on any atom is -0.478 e. The fourth-order valence-corrected chi connectivity index (χ4v) is 2.50. The lowest BCUT2D eigenvalue weighted by molar-refractivity contribution is 0.0696. The molecule has 0 aliphatic rings. The molecule has 0 unspecified atom stereocenters. The summed E-state index contributed by atoms with van der Waals surface area (Å²) in [5.41, 5.74) is 2.25. The van der Waals surface area contributed by atoms with Gasteiger partial charge in [-0.15, -0.1) is 10.2 Å². The molecule has 0 fully saturated rings. The van der Waals surface area contributed by atoms with Gasteiger partial charge >= 0.3 is 5.97 Å². The first kappa shape index (κ1) is 15.2. The number of carboxylic acid groups (broad SMARTS) is 1. The van der Waals surface area contributed by atoms with Crippen molar-refractivity contribution in [3.8, 4) is 11.5 Å². The number of carbonyl (C=O) groups is 1. The topological polar surface area (TPSA) is 76.2 Å². The highest BCUT2D eigenvalue weighted by Gasteiger charge is 2.23. The molecule has 1 heterocycles. The largest absolute Gasteiger partial charge is 0.478 e. The third kappa shape index (κ3) is 2.82. The molecule has 0 radical (unpaired) electrons. The van der Waals surface area contributed by atoms with Crippen molar-refractivity contribution in [3.63, 3.8) is 0 Å². The van der Waals surface area contributed by atoms with Crippen molar-refractivity contribution in [1.29, 1.82) is 0 Å². The maximum absolute atomic E-state index is 11.5. The van der Waals surface area contributed by atoms with E-state index in [-0.39, 0.29) is 17.4 Å². The number of hydrogen-bond acceptors (Lipinski definition) is 4. The molecular formula is C16H20N2O3. The average molecular weight is 288 g/mol. The summed E-state index contributed by atoms with van der Waals surface area (Å²) in [5, 5.41) is 17.6. The van der Waals surface area contributed by atoms with Crippen LogP contribution in [0.1, 0.15) is 60.0 Å². The molecule has 0 bridgehead atoms. The molecule has 0 aliphatic heterocycles. The van der Waals surface area contributed by atoms with E-state index >= 15 is 0 Å². The monoisotopic (exact) mass is 288 g/mol. The molecule has 0 saturated heterocycles. The van der Waals surface area contributed by atoms with Gasteiger partial charge in [-0.3, -0.25) is 0 Å². The van der Waals surface area contributed by atoms with Crippen molar-refractivity contribution in [1.82, 2.24) is 10.2 Å². The van der Waals surface area contributed by atoms with Crippen molar-refractivity contribution in [2.45, 2.75) is 46.5 Å². The number of nitrogens with zero attached hydrogens (tertiary/aromatic N) is 2. The summed E-state index contributed by atoms with van der Waals surface area (Å²) in [7, 11) is 0. The Morgan fingerprint density at radius 3 is 2.38 bits per heavy atom. The molecule has 2 rings (SSSR count). The standard InChI is InChI=1S/C16H20N2O3/c1-5-11(6-2)14-17-18-15(21-14)12-9(3)7-8-10(4)13(12)16(19)20/h7-8,11H,5-6H2,1-4H3,(H,19,20). The van der Waals surface area contributed by atoms with Crippen LogP contribution < -0.4 is 0 Å². The number of carboxylic acids is 1. The van der Waals surface area contributed by atoms with Crippen LogP contribution in [-0.4, -0.2) is 21.3 Å². The average Bonchev–Trinajstić information content (AvgIpc) is 2.91. The quantitative estimate of drug-likeness (QED) is 0.901. The van der Waals surface area contributed by atoms with Gasteiger partial charge in [-0.25, -0.2) is 4.79 Å². The van der Waals surface area contributed by atoms with Gasteiger partial charge in [-0.1, -0.05) is 26.0 Å². The summed E-state index contributed by atoms with van der Waals surface area (Å²) in [4.78, 5) is 11.5. The minimum absolute atomic E-state index is 0.213. The highest BCUT2D eigenvalue weighted by molar-refractivity contribution is 5.97. The van der Waals surface area contributed by atoms with Crippen LogP contribution in [0, 0.1) is 13.8 Å². The predicted octanol–water partition coefficient (Wildman–Crippen LogP) is 3.96. The molecule has 0 amide bonds. The SMILES string of the molecule is CCC(CC)c1nnc(-c2c(C)ccc(C)c2C(=O)O)o1. The summed E-state index contributed by atoms with van der Waals surface area (Å²) >= 11 is 0. The van der Waals surface area contributed by atoms with E-state index in [4.69, 9.17) is 4.42 Å². The first-order chi connectivity index (χ1) is 9.99.